The lowest BCUT2D eigenvalue weighted by Gasteiger charge is -2.17. The molecule has 0 unspecified atom stereocenters. The number of rotatable bonds is 0. The van der Waals surface area contributed by atoms with Crippen molar-refractivity contribution in [2.24, 2.45) is 0 Å². The summed E-state index contributed by atoms with van der Waals surface area (Å²) in [7, 11) is 0. The monoisotopic (exact) mass is 263 g/mol. The molecule has 4 heteroatoms. The maximum Gasteiger partial charge on any atom is 0.134 e. The Morgan fingerprint density at radius 2 is 2.08 bits per heavy atom. The van der Waals surface area contributed by atoms with Gasteiger partial charge in [0.05, 0.1) is 5.02 Å². The summed E-state index contributed by atoms with van der Waals surface area (Å²) in [4.78, 5) is 0. The van der Waals surface area contributed by atoms with Gasteiger partial charge in [-0.1, -0.05) is 11.6 Å². The standard InChI is InChI=1S/C9H10ClNO.BrH/c10-8-3-6-1-2-11-5-7(6)4-9(8)12;/h3-4,11-12H,1-2,5H2;1H. The van der Waals surface area contributed by atoms with Gasteiger partial charge in [0.1, 0.15) is 5.75 Å². The minimum atomic E-state index is 0. The molecular formula is C9H11BrClNO. The van der Waals surface area contributed by atoms with E-state index in [1.807, 2.05) is 6.07 Å². The number of hydrogen-bond donors (Lipinski definition) is 2. The van der Waals surface area contributed by atoms with Gasteiger partial charge in [-0.25, -0.2) is 0 Å². The fourth-order valence-corrected chi connectivity index (χ4v) is 1.68. The molecule has 2 rings (SSSR count). The molecule has 1 aliphatic heterocycles. The first-order valence-corrected chi connectivity index (χ1v) is 4.36. The van der Waals surface area contributed by atoms with E-state index < -0.39 is 0 Å². The zero-order chi connectivity index (χ0) is 8.55. The number of phenolic OH excluding ortho intramolecular Hbond substituents is 1. The van der Waals surface area contributed by atoms with Gasteiger partial charge in [0.15, 0.2) is 0 Å². The van der Waals surface area contributed by atoms with Gasteiger partial charge >= 0.3 is 0 Å². The van der Waals surface area contributed by atoms with Crippen LogP contribution in [0.3, 0.4) is 0 Å². The number of aromatic hydroxyl groups is 1. The third-order valence-electron chi connectivity index (χ3n) is 2.16. The number of halogens is 2. The Labute approximate surface area is 92.7 Å². The molecule has 0 saturated carbocycles. The maximum atomic E-state index is 9.32. The van der Waals surface area contributed by atoms with Crippen LogP contribution in [0.2, 0.25) is 5.02 Å². The van der Waals surface area contributed by atoms with Crippen molar-refractivity contribution >= 4 is 28.6 Å². The predicted octanol–water partition coefficient (Wildman–Crippen LogP) is 2.27. The van der Waals surface area contributed by atoms with Crippen LogP contribution in [0.4, 0.5) is 0 Å². The van der Waals surface area contributed by atoms with E-state index in [4.69, 9.17) is 11.6 Å². The zero-order valence-corrected chi connectivity index (χ0v) is 9.48. The molecule has 2 nitrogen and oxygen atoms in total. The van der Waals surface area contributed by atoms with Crippen LogP contribution in [0.25, 0.3) is 0 Å². The molecule has 0 fully saturated rings. The average molecular weight is 265 g/mol. The van der Waals surface area contributed by atoms with Crippen molar-refractivity contribution in [3.05, 3.63) is 28.3 Å². The maximum absolute atomic E-state index is 9.32. The molecule has 1 aliphatic rings. The van der Waals surface area contributed by atoms with Crippen LogP contribution in [0.5, 0.6) is 5.75 Å². The molecule has 0 amide bonds. The average Bonchev–Trinajstić information content (AvgIpc) is 2.07. The SMILES string of the molecule is Br.Oc1cc2c(cc1Cl)CCNC2. The van der Waals surface area contributed by atoms with Crippen molar-refractivity contribution < 1.29 is 5.11 Å². The zero-order valence-electron chi connectivity index (χ0n) is 7.01. The first-order valence-electron chi connectivity index (χ1n) is 3.98. The van der Waals surface area contributed by atoms with Crippen molar-refractivity contribution in [1.82, 2.24) is 5.32 Å². The Balaban J connectivity index is 0.000000845. The lowest BCUT2D eigenvalue weighted by atomic mass is 10.0. The highest BCUT2D eigenvalue weighted by Crippen LogP contribution is 2.28. The summed E-state index contributed by atoms with van der Waals surface area (Å²) >= 11 is 5.78. The van der Waals surface area contributed by atoms with Crippen LogP contribution >= 0.6 is 28.6 Å². The second kappa shape index (κ2) is 4.31. The molecule has 0 aromatic heterocycles. The first-order chi connectivity index (χ1) is 5.77. The van der Waals surface area contributed by atoms with Gasteiger partial charge in [-0.05, 0) is 36.2 Å². The summed E-state index contributed by atoms with van der Waals surface area (Å²) in [5.41, 5.74) is 2.40. The number of fused-ring (bicyclic) bond motifs is 1. The number of phenols is 1. The van der Waals surface area contributed by atoms with E-state index in [1.165, 1.54) is 5.56 Å². The highest BCUT2D eigenvalue weighted by atomic mass is 79.9. The molecule has 0 bridgehead atoms. The lowest BCUT2D eigenvalue weighted by Crippen LogP contribution is -2.23. The van der Waals surface area contributed by atoms with Crippen LogP contribution in [-0.4, -0.2) is 11.7 Å². The molecule has 0 aliphatic carbocycles. The minimum absolute atomic E-state index is 0. The molecule has 0 atom stereocenters. The Morgan fingerprint density at radius 3 is 2.85 bits per heavy atom. The highest BCUT2D eigenvalue weighted by Gasteiger charge is 2.10. The summed E-state index contributed by atoms with van der Waals surface area (Å²) in [6.45, 7) is 1.83. The van der Waals surface area contributed by atoms with Gasteiger partial charge < -0.3 is 10.4 Å². The second-order valence-corrected chi connectivity index (χ2v) is 3.41. The van der Waals surface area contributed by atoms with Crippen molar-refractivity contribution in [2.75, 3.05) is 6.54 Å². The fraction of sp³-hybridized carbons (Fsp3) is 0.333. The van der Waals surface area contributed by atoms with E-state index in [9.17, 15) is 5.11 Å². The third kappa shape index (κ3) is 2.16. The summed E-state index contributed by atoms with van der Waals surface area (Å²) in [6.07, 6.45) is 0.995. The van der Waals surface area contributed by atoms with E-state index in [0.29, 0.717) is 5.02 Å². The predicted molar refractivity (Wildman–Crippen MR) is 58.8 cm³/mol. The van der Waals surface area contributed by atoms with Crippen LogP contribution in [0.1, 0.15) is 11.1 Å². The van der Waals surface area contributed by atoms with Crippen LogP contribution in [0.15, 0.2) is 12.1 Å². The van der Waals surface area contributed by atoms with E-state index in [0.717, 1.165) is 25.1 Å². The molecular weight excluding hydrogens is 253 g/mol. The minimum Gasteiger partial charge on any atom is -0.506 e. The normalized spacial score (nSPS) is 14.5. The van der Waals surface area contributed by atoms with E-state index >= 15 is 0 Å². The Hall–Kier alpha value is -0.250. The van der Waals surface area contributed by atoms with Crippen molar-refractivity contribution in [3.8, 4) is 5.75 Å². The topological polar surface area (TPSA) is 32.3 Å². The second-order valence-electron chi connectivity index (χ2n) is 3.00. The molecule has 2 N–H and O–H groups in total. The van der Waals surface area contributed by atoms with Crippen LogP contribution in [-0.2, 0) is 13.0 Å². The molecule has 13 heavy (non-hydrogen) atoms. The molecule has 72 valence electrons. The number of nitrogens with one attached hydrogen (secondary N) is 1. The highest BCUT2D eigenvalue weighted by molar-refractivity contribution is 8.93. The smallest absolute Gasteiger partial charge is 0.134 e. The largest absolute Gasteiger partial charge is 0.506 e. The van der Waals surface area contributed by atoms with Gasteiger partial charge in [-0.2, -0.15) is 0 Å². The third-order valence-corrected chi connectivity index (χ3v) is 2.46. The fourth-order valence-electron chi connectivity index (χ4n) is 1.49. The molecule has 0 radical (unpaired) electrons. The van der Waals surface area contributed by atoms with Crippen molar-refractivity contribution in [1.29, 1.82) is 0 Å². The van der Waals surface area contributed by atoms with Crippen LogP contribution in [0, 0.1) is 0 Å². The summed E-state index contributed by atoms with van der Waals surface area (Å²) in [5.74, 6) is 0.180. The van der Waals surface area contributed by atoms with Crippen molar-refractivity contribution in [2.45, 2.75) is 13.0 Å². The number of hydrogen-bond acceptors (Lipinski definition) is 2. The Kier molecular flexibility index (Phi) is 3.59. The van der Waals surface area contributed by atoms with E-state index in [1.54, 1.807) is 6.07 Å². The summed E-state index contributed by atoms with van der Waals surface area (Å²) < 4.78 is 0. The molecule has 1 aromatic rings. The first kappa shape index (κ1) is 10.8. The van der Waals surface area contributed by atoms with E-state index in [-0.39, 0.29) is 22.7 Å². The molecule has 1 aromatic carbocycles. The molecule has 0 saturated heterocycles. The van der Waals surface area contributed by atoms with Gasteiger partial charge in [0.2, 0.25) is 0 Å². The lowest BCUT2D eigenvalue weighted by molar-refractivity contribution is 0.473. The van der Waals surface area contributed by atoms with Gasteiger partial charge in [-0.3, -0.25) is 0 Å². The van der Waals surface area contributed by atoms with Crippen LogP contribution < -0.4 is 5.32 Å². The summed E-state index contributed by atoms with van der Waals surface area (Å²) in [5, 5.41) is 13.0. The van der Waals surface area contributed by atoms with Crippen molar-refractivity contribution in [3.63, 3.8) is 0 Å². The van der Waals surface area contributed by atoms with Gasteiger partial charge in [-0.15, -0.1) is 17.0 Å². The van der Waals surface area contributed by atoms with Gasteiger partial charge in [0, 0.05) is 6.54 Å². The quantitative estimate of drug-likeness (QED) is 0.753. The van der Waals surface area contributed by atoms with E-state index in [2.05, 4.69) is 5.32 Å². The Morgan fingerprint density at radius 1 is 1.31 bits per heavy atom. The summed E-state index contributed by atoms with van der Waals surface area (Å²) in [6, 6.07) is 3.59. The molecule has 0 spiro atoms. The number of benzene rings is 1. The Bertz CT molecular complexity index is 286. The molecule has 1 heterocycles. The van der Waals surface area contributed by atoms with Gasteiger partial charge in [0.25, 0.3) is 0 Å².